The molecule has 0 aromatic carbocycles. The largest absolute Gasteiger partial charge is 0.467 e. The summed E-state index contributed by atoms with van der Waals surface area (Å²) in [4.78, 5) is 14.8. The fourth-order valence-electron chi connectivity index (χ4n) is 3.59. The van der Waals surface area contributed by atoms with Crippen LogP contribution >= 0.6 is 0 Å². The monoisotopic (exact) mass is 277 g/mol. The lowest BCUT2D eigenvalue weighted by Crippen LogP contribution is -2.41. The highest BCUT2D eigenvalue weighted by molar-refractivity contribution is 5.80. The van der Waals surface area contributed by atoms with Crippen LogP contribution in [0.5, 0.6) is 0 Å². The van der Waals surface area contributed by atoms with E-state index < -0.39 is 6.10 Å². The number of amides is 1. The van der Waals surface area contributed by atoms with Crippen molar-refractivity contribution in [2.45, 2.75) is 57.1 Å². The van der Waals surface area contributed by atoms with E-state index in [1.165, 1.54) is 0 Å². The summed E-state index contributed by atoms with van der Waals surface area (Å²) in [7, 11) is 0. The van der Waals surface area contributed by atoms with Crippen LogP contribution in [0.2, 0.25) is 0 Å². The van der Waals surface area contributed by atoms with Crippen molar-refractivity contribution in [1.82, 2.24) is 4.90 Å². The second-order valence-electron chi connectivity index (χ2n) is 6.02. The summed E-state index contributed by atoms with van der Waals surface area (Å²) >= 11 is 0. The molecule has 4 heteroatoms. The quantitative estimate of drug-likeness (QED) is 0.904. The molecule has 1 amide bonds. The zero-order valence-electron chi connectivity index (χ0n) is 11.8. The molecule has 1 aromatic heterocycles. The Bertz CT molecular complexity index is 443. The van der Waals surface area contributed by atoms with Crippen molar-refractivity contribution in [3.8, 4) is 0 Å². The van der Waals surface area contributed by atoms with Gasteiger partial charge in [0.05, 0.1) is 24.3 Å². The average Bonchev–Trinajstić information content (AvgIpc) is 3.05. The Balaban J connectivity index is 1.81. The lowest BCUT2D eigenvalue weighted by Gasteiger charge is -2.31. The molecule has 2 heterocycles. The molecule has 0 bridgehead atoms. The molecular weight excluding hydrogens is 254 g/mol. The molecule has 4 nitrogen and oxygen atoms in total. The maximum atomic E-state index is 12.8. The van der Waals surface area contributed by atoms with Gasteiger partial charge in [0.1, 0.15) is 5.76 Å². The molecule has 3 atom stereocenters. The van der Waals surface area contributed by atoms with Gasteiger partial charge in [-0.2, -0.15) is 0 Å². The Hall–Kier alpha value is -1.29. The SMILES string of the molecule is O=C(C1CCCC1O)N1CCCCCC1c1ccco1. The third kappa shape index (κ3) is 2.62. The summed E-state index contributed by atoms with van der Waals surface area (Å²) in [5.41, 5.74) is 0. The Morgan fingerprint density at radius 1 is 1.20 bits per heavy atom. The van der Waals surface area contributed by atoms with E-state index in [-0.39, 0.29) is 17.9 Å². The van der Waals surface area contributed by atoms with E-state index in [1.807, 2.05) is 17.0 Å². The van der Waals surface area contributed by atoms with E-state index in [2.05, 4.69) is 0 Å². The number of aliphatic hydroxyl groups excluding tert-OH is 1. The van der Waals surface area contributed by atoms with Gasteiger partial charge in [-0.25, -0.2) is 0 Å². The van der Waals surface area contributed by atoms with E-state index in [4.69, 9.17) is 4.42 Å². The molecular formula is C16H23NO3. The minimum Gasteiger partial charge on any atom is -0.467 e. The van der Waals surface area contributed by atoms with Gasteiger partial charge in [-0.15, -0.1) is 0 Å². The van der Waals surface area contributed by atoms with Gasteiger partial charge in [0.25, 0.3) is 0 Å². The number of likely N-dealkylation sites (tertiary alicyclic amines) is 1. The van der Waals surface area contributed by atoms with Gasteiger partial charge in [-0.3, -0.25) is 4.79 Å². The van der Waals surface area contributed by atoms with E-state index in [9.17, 15) is 9.90 Å². The minimum atomic E-state index is -0.456. The van der Waals surface area contributed by atoms with Crippen molar-refractivity contribution in [2.24, 2.45) is 5.92 Å². The first-order valence-corrected chi connectivity index (χ1v) is 7.79. The molecule has 2 aliphatic rings. The minimum absolute atomic E-state index is 0.0489. The number of aliphatic hydroxyl groups is 1. The number of carbonyl (C=O) groups excluding carboxylic acids is 1. The molecule has 1 aliphatic heterocycles. The van der Waals surface area contributed by atoms with Crippen molar-refractivity contribution in [1.29, 1.82) is 0 Å². The number of furan rings is 1. The van der Waals surface area contributed by atoms with Crippen LogP contribution < -0.4 is 0 Å². The molecule has 1 aromatic rings. The molecule has 3 rings (SSSR count). The standard InChI is InChI=1S/C16H23NO3/c18-14-8-4-6-12(14)16(19)17-10-3-1-2-7-13(17)15-9-5-11-20-15/h5,9,11-14,18H,1-4,6-8,10H2. The molecule has 1 aliphatic carbocycles. The Labute approximate surface area is 119 Å². The molecule has 1 N–H and O–H groups in total. The number of hydrogen-bond donors (Lipinski definition) is 1. The predicted molar refractivity (Wildman–Crippen MR) is 75.0 cm³/mol. The summed E-state index contributed by atoms with van der Waals surface area (Å²) in [6.07, 6.45) is 8.05. The van der Waals surface area contributed by atoms with Crippen LogP contribution in [0.1, 0.15) is 56.7 Å². The topological polar surface area (TPSA) is 53.7 Å². The van der Waals surface area contributed by atoms with E-state index >= 15 is 0 Å². The molecule has 20 heavy (non-hydrogen) atoms. The molecule has 110 valence electrons. The Morgan fingerprint density at radius 2 is 2.10 bits per heavy atom. The van der Waals surface area contributed by atoms with Crippen LogP contribution in [0, 0.1) is 5.92 Å². The fraction of sp³-hybridized carbons (Fsp3) is 0.688. The molecule has 2 fully saturated rings. The van der Waals surface area contributed by atoms with Crippen LogP contribution in [-0.2, 0) is 4.79 Å². The average molecular weight is 277 g/mol. The van der Waals surface area contributed by atoms with E-state index in [0.29, 0.717) is 0 Å². The molecule has 0 spiro atoms. The van der Waals surface area contributed by atoms with Crippen LogP contribution in [0.4, 0.5) is 0 Å². The smallest absolute Gasteiger partial charge is 0.228 e. The highest BCUT2D eigenvalue weighted by Gasteiger charge is 2.38. The van der Waals surface area contributed by atoms with Crippen molar-refractivity contribution < 1.29 is 14.3 Å². The lowest BCUT2D eigenvalue weighted by atomic mass is 10.0. The first-order chi connectivity index (χ1) is 9.77. The van der Waals surface area contributed by atoms with Crippen LogP contribution in [0.25, 0.3) is 0 Å². The Kier molecular flexibility index (Phi) is 4.10. The van der Waals surface area contributed by atoms with Gasteiger partial charge < -0.3 is 14.4 Å². The second-order valence-corrected chi connectivity index (χ2v) is 6.02. The first kappa shape index (κ1) is 13.7. The zero-order valence-corrected chi connectivity index (χ0v) is 11.8. The van der Waals surface area contributed by atoms with Crippen molar-refractivity contribution in [3.63, 3.8) is 0 Å². The van der Waals surface area contributed by atoms with Gasteiger partial charge >= 0.3 is 0 Å². The van der Waals surface area contributed by atoms with Gasteiger partial charge in [-0.1, -0.05) is 12.8 Å². The Morgan fingerprint density at radius 3 is 2.80 bits per heavy atom. The van der Waals surface area contributed by atoms with Gasteiger partial charge in [-0.05, 0) is 44.2 Å². The number of carbonyl (C=O) groups is 1. The lowest BCUT2D eigenvalue weighted by molar-refractivity contribution is -0.141. The molecule has 3 unspecified atom stereocenters. The molecule has 1 saturated carbocycles. The highest BCUT2D eigenvalue weighted by atomic mass is 16.3. The van der Waals surface area contributed by atoms with Gasteiger partial charge in [0.15, 0.2) is 0 Å². The summed E-state index contributed by atoms with van der Waals surface area (Å²) in [5.74, 6) is 0.802. The van der Waals surface area contributed by atoms with Crippen LogP contribution in [0.15, 0.2) is 22.8 Å². The molecule has 1 saturated heterocycles. The highest BCUT2D eigenvalue weighted by Crippen LogP contribution is 2.35. The summed E-state index contributed by atoms with van der Waals surface area (Å²) in [5, 5.41) is 10.0. The summed E-state index contributed by atoms with van der Waals surface area (Å²) < 4.78 is 5.54. The van der Waals surface area contributed by atoms with Gasteiger partial charge in [0, 0.05) is 6.54 Å². The summed E-state index contributed by atoms with van der Waals surface area (Å²) in [6, 6.07) is 3.89. The predicted octanol–water partition coefficient (Wildman–Crippen LogP) is 2.88. The number of nitrogens with zero attached hydrogens (tertiary/aromatic N) is 1. The van der Waals surface area contributed by atoms with Crippen molar-refractivity contribution in [3.05, 3.63) is 24.2 Å². The normalized spacial score (nSPS) is 31.2. The van der Waals surface area contributed by atoms with Crippen molar-refractivity contribution in [2.75, 3.05) is 6.54 Å². The first-order valence-electron chi connectivity index (χ1n) is 7.79. The second kappa shape index (κ2) is 6.00. The van der Waals surface area contributed by atoms with Gasteiger partial charge in [0.2, 0.25) is 5.91 Å². The number of rotatable bonds is 2. The third-order valence-corrected chi connectivity index (χ3v) is 4.70. The van der Waals surface area contributed by atoms with Crippen molar-refractivity contribution >= 4 is 5.91 Å². The van der Waals surface area contributed by atoms with Crippen LogP contribution in [-0.4, -0.2) is 28.6 Å². The fourth-order valence-corrected chi connectivity index (χ4v) is 3.59. The van der Waals surface area contributed by atoms with Crippen LogP contribution in [0.3, 0.4) is 0 Å². The van der Waals surface area contributed by atoms with E-state index in [1.54, 1.807) is 6.26 Å². The number of hydrogen-bond acceptors (Lipinski definition) is 3. The zero-order chi connectivity index (χ0) is 13.9. The molecule has 0 radical (unpaired) electrons. The third-order valence-electron chi connectivity index (χ3n) is 4.70. The maximum absolute atomic E-state index is 12.8. The van der Waals surface area contributed by atoms with E-state index in [0.717, 1.165) is 57.3 Å². The summed E-state index contributed by atoms with van der Waals surface area (Å²) in [6.45, 7) is 0.785. The maximum Gasteiger partial charge on any atom is 0.228 e.